The van der Waals surface area contributed by atoms with Crippen LogP contribution < -0.4 is 11.2 Å². The molecule has 1 saturated heterocycles. The van der Waals surface area contributed by atoms with Crippen LogP contribution in [0.4, 0.5) is 0 Å². The van der Waals surface area contributed by atoms with Crippen LogP contribution in [0.15, 0.2) is 15.8 Å². The van der Waals surface area contributed by atoms with Gasteiger partial charge >= 0.3 is 13.5 Å². The molecule has 0 radical (unpaired) electrons. The number of phosphoric acid groups is 1. The van der Waals surface area contributed by atoms with E-state index in [-0.39, 0.29) is 5.56 Å². The number of aromatic amines is 2. The van der Waals surface area contributed by atoms with Gasteiger partial charge in [-0.2, -0.15) is 0 Å². The summed E-state index contributed by atoms with van der Waals surface area (Å²) in [6.07, 6.45) is -4.54. The summed E-state index contributed by atoms with van der Waals surface area (Å²) < 4.78 is 20.0. The Bertz CT molecular complexity index is 664. The van der Waals surface area contributed by atoms with Gasteiger partial charge in [0, 0.05) is 6.20 Å². The summed E-state index contributed by atoms with van der Waals surface area (Å²) >= 11 is 0. The minimum atomic E-state index is -4.76. The Morgan fingerprint density at radius 1 is 1.29 bits per heavy atom. The van der Waals surface area contributed by atoms with Gasteiger partial charge in [0.1, 0.15) is 24.4 Å². The monoisotopic (exact) mass is 324 g/mol. The third kappa shape index (κ3) is 3.66. The Balaban J connectivity index is 2.18. The second-order valence-electron chi connectivity index (χ2n) is 4.39. The maximum atomic E-state index is 11.6. The summed E-state index contributed by atoms with van der Waals surface area (Å²) in [5.41, 5.74) is -1.70. The summed E-state index contributed by atoms with van der Waals surface area (Å²) in [5.74, 6) is 0. The van der Waals surface area contributed by atoms with Gasteiger partial charge in [0.15, 0.2) is 0 Å². The summed E-state index contributed by atoms with van der Waals surface area (Å²) in [6.45, 7) is -0.680. The standard InChI is InChI=1S/C9H13N2O9P/c12-5-4(2-19-21(16,17)18)20-7(6(5)13)3-1-10-9(15)11-8(3)14/h1,4-7,12-13H,2H2,(H2,16,17,18)(H2,10,11,14,15)/t4-,5-,6?,7?/m1/s1. The lowest BCUT2D eigenvalue weighted by molar-refractivity contribution is -0.0228. The van der Waals surface area contributed by atoms with E-state index in [1.54, 1.807) is 0 Å². The summed E-state index contributed by atoms with van der Waals surface area (Å²) in [4.78, 5) is 43.8. The van der Waals surface area contributed by atoms with E-state index in [0.29, 0.717) is 0 Å². The van der Waals surface area contributed by atoms with Crippen LogP contribution in [-0.2, 0) is 13.8 Å². The van der Waals surface area contributed by atoms with Crippen molar-refractivity contribution >= 4 is 7.82 Å². The number of ether oxygens (including phenoxy) is 1. The molecule has 1 aliphatic heterocycles. The van der Waals surface area contributed by atoms with Gasteiger partial charge in [-0.1, -0.05) is 0 Å². The van der Waals surface area contributed by atoms with Gasteiger partial charge in [-0.05, 0) is 0 Å². The number of H-pyrrole nitrogens is 2. The van der Waals surface area contributed by atoms with Gasteiger partial charge in [0.05, 0.1) is 12.2 Å². The Morgan fingerprint density at radius 3 is 2.52 bits per heavy atom. The largest absolute Gasteiger partial charge is 0.469 e. The first-order valence-corrected chi connectivity index (χ1v) is 7.25. The number of nitrogens with one attached hydrogen (secondary N) is 2. The number of phosphoric ester groups is 1. The first-order chi connectivity index (χ1) is 9.69. The highest BCUT2D eigenvalue weighted by Crippen LogP contribution is 2.38. The maximum Gasteiger partial charge on any atom is 0.469 e. The van der Waals surface area contributed by atoms with Crippen molar-refractivity contribution in [2.75, 3.05) is 6.61 Å². The van der Waals surface area contributed by atoms with Gasteiger partial charge in [-0.25, -0.2) is 9.36 Å². The van der Waals surface area contributed by atoms with Crippen molar-refractivity contribution in [3.05, 3.63) is 32.6 Å². The van der Waals surface area contributed by atoms with Crippen LogP contribution in [0.2, 0.25) is 0 Å². The number of aromatic nitrogens is 2. The molecule has 1 aromatic heterocycles. The number of aliphatic hydroxyl groups is 2. The van der Waals surface area contributed by atoms with Crippen molar-refractivity contribution in [3.63, 3.8) is 0 Å². The third-order valence-electron chi connectivity index (χ3n) is 2.92. The molecular weight excluding hydrogens is 311 g/mol. The molecule has 0 spiro atoms. The molecule has 12 heteroatoms. The highest BCUT2D eigenvalue weighted by atomic mass is 31.2. The lowest BCUT2D eigenvalue weighted by Gasteiger charge is -2.14. The molecule has 4 atom stereocenters. The van der Waals surface area contributed by atoms with Crippen molar-refractivity contribution in [3.8, 4) is 0 Å². The highest BCUT2D eigenvalue weighted by molar-refractivity contribution is 7.46. The zero-order valence-electron chi connectivity index (χ0n) is 10.4. The minimum Gasteiger partial charge on any atom is -0.387 e. The molecule has 0 aliphatic carbocycles. The average molecular weight is 324 g/mol. The molecule has 0 aromatic carbocycles. The van der Waals surface area contributed by atoms with Gasteiger partial charge < -0.3 is 29.7 Å². The fourth-order valence-corrected chi connectivity index (χ4v) is 2.29. The Morgan fingerprint density at radius 2 is 1.95 bits per heavy atom. The van der Waals surface area contributed by atoms with Crippen molar-refractivity contribution < 1.29 is 33.8 Å². The zero-order valence-corrected chi connectivity index (χ0v) is 11.3. The molecule has 0 amide bonds. The normalized spacial score (nSPS) is 29.7. The SMILES string of the molecule is O=c1[nH]cc(C2O[C@H](COP(=O)(O)O)[C@@H](O)C2O)c(=O)[nH]1. The van der Waals surface area contributed by atoms with E-state index in [4.69, 9.17) is 14.5 Å². The van der Waals surface area contributed by atoms with E-state index in [2.05, 4.69) is 9.51 Å². The van der Waals surface area contributed by atoms with Crippen LogP contribution in [0.5, 0.6) is 0 Å². The fourth-order valence-electron chi connectivity index (χ4n) is 1.95. The molecule has 2 unspecified atom stereocenters. The number of rotatable bonds is 4. The molecule has 1 fully saturated rings. The molecule has 2 heterocycles. The molecule has 1 aliphatic rings. The van der Waals surface area contributed by atoms with E-state index in [0.717, 1.165) is 6.20 Å². The maximum absolute atomic E-state index is 11.6. The van der Waals surface area contributed by atoms with E-state index in [9.17, 15) is 24.4 Å². The first kappa shape index (κ1) is 16.0. The molecule has 1 aromatic rings. The summed E-state index contributed by atoms with van der Waals surface area (Å²) in [6, 6.07) is 0. The van der Waals surface area contributed by atoms with Gasteiger partial charge in [0.2, 0.25) is 0 Å². The van der Waals surface area contributed by atoms with Gasteiger partial charge in [0.25, 0.3) is 5.56 Å². The van der Waals surface area contributed by atoms with E-state index >= 15 is 0 Å². The smallest absolute Gasteiger partial charge is 0.387 e. The minimum absolute atomic E-state index is 0.139. The second kappa shape index (κ2) is 5.81. The van der Waals surface area contributed by atoms with Crippen molar-refractivity contribution in [1.29, 1.82) is 0 Å². The Labute approximate surface area is 116 Å². The lowest BCUT2D eigenvalue weighted by Crippen LogP contribution is -2.34. The highest BCUT2D eigenvalue weighted by Gasteiger charge is 2.45. The molecule has 6 N–H and O–H groups in total. The van der Waals surface area contributed by atoms with Crippen molar-refractivity contribution in [1.82, 2.24) is 9.97 Å². The quantitative estimate of drug-likeness (QED) is 0.322. The van der Waals surface area contributed by atoms with Crippen LogP contribution in [0.1, 0.15) is 11.7 Å². The first-order valence-electron chi connectivity index (χ1n) is 5.72. The van der Waals surface area contributed by atoms with E-state index < -0.39 is 50.1 Å². The zero-order chi connectivity index (χ0) is 15.8. The van der Waals surface area contributed by atoms with Crippen LogP contribution in [0.3, 0.4) is 0 Å². The molecule has 0 bridgehead atoms. The number of hydrogen-bond acceptors (Lipinski definition) is 7. The molecular formula is C9H13N2O9P. The molecule has 11 nitrogen and oxygen atoms in total. The fraction of sp³-hybridized carbons (Fsp3) is 0.556. The number of hydrogen-bond donors (Lipinski definition) is 6. The van der Waals surface area contributed by atoms with Crippen molar-refractivity contribution in [2.45, 2.75) is 24.4 Å². The van der Waals surface area contributed by atoms with Crippen LogP contribution in [-0.4, -0.2) is 54.9 Å². The summed E-state index contributed by atoms with van der Waals surface area (Å²) in [5, 5.41) is 19.6. The topological polar surface area (TPSA) is 182 Å². The second-order valence-corrected chi connectivity index (χ2v) is 5.63. The average Bonchev–Trinajstić information content (AvgIpc) is 2.64. The Hall–Kier alpha value is -1.33. The molecule has 118 valence electrons. The summed E-state index contributed by atoms with van der Waals surface area (Å²) in [7, 11) is -4.76. The molecule has 0 saturated carbocycles. The van der Waals surface area contributed by atoms with Gasteiger partial charge in [-0.3, -0.25) is 14.3 Å². The van der Waals surface area contributed by atoms with Gasteiger partial charge in [-0.15, -0.1) is 0 Å². The third-order valence-corrected chi connectivity index (χ3v) is 3.41. The molecule has 21 heavy (non-hydrogen) atoms. The molecule has 2 rings (SSSR count). The van der Waals surface area contributed by atoms with E-state index in [1.807, 2.05) is 4.98 Å². The predicted octanol–water partition coefficient (Wildman–Crippen LogP) is -2.67. The van der Waals surface area contributed by atoms with Crippen LogP contribution >= 0.6 is 7.82 Å². The van der Waals surface area contributed by atoms with Crippen LogP contribution in [0, 0.1) is 0 Å². The Kier molecular flexibility index (Phi) is 4.44. The predicted molar refractivity (Wildman–Crippen MR) is 65.3 cm³/mol. The number of aliphatic hydroxyl groups excluding tert-OH is 2. The van der Waals surface area contributed by atoms with E-state index in [1.165, 1.54) is 0 Å². The van der Waals surface area contributed by atoms with Crippen molar-refractivity contribution in [2.24, 2.45) is 0 Å². The van der Waals surface area contributed by atoms with Crippen LogP contribution in [0.25, 0.3) is 0 Å². The lowest BCUT2D eigenvalue weighted by atomic mass is 10.0.